The molecule has 0 bridgehead atoms. The highest BCUT2D eigenvalue weighted by atomic mass is 32.2. The first-order valence-corrected chi connectivity index (χ1v) is 12.8. The fourth-order valence-electron chi connectivity index (χ4n) is 4.39. The molecular weight excluding hydrogens is 488 g/mol. The van der Waals surface area contributed by atoms with Gasteiger partial charge in [0.2, 0.25) is 10.0 Å². The minimum Gasteiger partial charge on any atom is -0.381 e. The Balaban J connectivity index is 1.72. The average Bonchev–Trinajstić information content (AvgIpc) is 3.59. The molecule has 2 aliphatic rings. The molecule has 1 heterocycles. The molecule has 1 aliphatic carbocycles. The SMILES string of the molecule is CC(C)(O)C(=O)N1C[C@H](F)[C@H](NS(=O)(=O)C2CC2)[C@@H]1Cc1cccc(-c2cccc(F)c2F)c1F. The van der Waals surface area contributed by atoms with Crippen LogP contribution < -0.4 is 4.72 Å². The third-order valence-electron chi connectivity index (χ3n) is 6.37. The smallest absolute Gasteiger partial charge is 0.254 e. The first-order chi connectivity index (χ1) is 16.3. The molecule has 1 saturated heterocycles. The minimum absolute atomic E-state index is 0.0468. The lowest BCUT2D eigenvalue weighted by Crippen LogP contribution is -2.53. The molecule has 4 rings (SSSR count). The molecule has 1 amide bonds. The molecule has 2 fully saturated rings. The van der Waals surface area contributed by atoms with Crippen LogP contribution in [0.25, 0.3) is 11.1 Å². The monoisotopic (exact) mass is 514 g/mol. The summed E-state index contributed by atoms with van der Waals surface area (Å²) in [6.45, 7) is 1.94. The second kappa shape index (κ2) is 9.18. The summed E-state index contributed by atoms with van der Waals surface area (Å²) in [4.78, 5) is 13.9. The van der Waals surface area contributed by atoms with Gasteiger partial charge in [0.05, 0.1) is 23.9 Å². The van der Waals surface area contributed by atoms with Gasteiger partial charge < -0.3 is 10.0 Å². The first-order valence-electron chi connectivity index (χ1n) is 11.2. The molecule has 35 heavy (non-hydrogen) atoms. The number of hydrogen-bond acceptors (Lipinski definition) is 4. The predicted molar refractivity (Wildman–Crippen MR) is 121 cm³/mol. The van der Waals surface area contributed by atoms with Crippen molar-refractivity contribution >= 4 is 15.9 Å². The van der Waals surface area contributed by atoms with Gasteiger partial charge in [-0.2, -0.15) is 0 Å². The number of halogens is 4. The van der Waals surface area contributed by atoms with Crippen LogP contribution in [0.1, 0.15) is 32.3 Å². The van der Waals surface area contributed by atoms with E-state index >= 15 is 8.78 Å². The second-order valence-corrected chi connectivity index (χ2v) is 11.6. The Morgan fingerprint density at radius 3 is 2.29 bits per heavy atom. The number of benzene rings is 2. The summed E-state index contributed by atoms with van der Waals surface area (Å²) < 4.78 is 86.1. The van der Waals surface area contributed by atoms with Crippen molar-refractivity contribution in [3.05, 3.63) is 59.4 Å². The first kappa shape index (κ1) is 25.6. The van der Waals surface area contributed by atoms with Crippen LogP contribution >= 0.6 is 0 Å². The predicted octanol–water partition coefficient (Wildman–Crippen LogP) is 3.08. The van der Waals surface area contributed by atoms with E-state index in [2.05, 4.69) is 4.72 Å². The lowest BCUT2D eigenvalue weighted by Gasteiger charge is -2.32. The standard InChI is InChI=1S/C24H26F4N2O4S/c1-24(2,32)23(31)30-12-18(26)22(29-35(33,34)14-9-10-14)19(30)11-13-5-3-6-15(20(13)27)16-7-4-8-17(25)21(16)28/h3-8,14,18-19,22,29,32H,9-12H2,1-2H3/t18-,19-,22-/m0/s1. The van der Waals surface area contributed by atoms with E-state index in [0.717, 1.165) is 11.0 Å². The molecule has 6 nitrogen and oxygen atoms in total. The number of likely N-dealkylation sites (tertiary alicyclic amines) is 1. The Kier molecular flexibility index (Phi) is 6.71. The molecule has 2 aromatic carbocycles. The Morgan fingerprint density at radius 2 is 1.69 bits per heavy atom. The molecule has 190 valence electrons. The second-order valence-electron chi connectivity index (χ2n) is 9.57. The summed E-state index contributed by atoms with van der Waals surface area (Å²) in [6, 6.07) is 4.82. The van der Waals surface area contributed by atoms with E-state index in [0.29, 0.717) is 12.8 Å². The molecule has 2 N–H and O–H groups in total. The van der Waals surface area contributed by atoms with Crippen molar-refractivity contribution in [2.45, 2.75) is 62.2 Å². The van der Waals surface area contributed by atoms with Crippen molar-refractivity contribution in [2.75, 3.05) is 6.54 Å². The molecule has 0 spiro atoms. The molecule has 1 saturated carbocycles. The van der Waals surface area contributed by atoms with Crippen molar-refractivity contribution in [2.24, 2.45) is 0 Å². The quantitative estimate of drug-likeness (QED) is 0.556. The van der Waals surface area contributed by atoms with Crippen LogP contribution in [0.4, 0.5) is 17.6 Å². The number of alkyl halides is 1. The fraction of sp³-hybridized carbons (Fsp3) is 0.458. The molecular formula is C24H26F4N2O4S. The van der Waals surface area contributed by atoms with Crippen molar-refractivity contribution in [3.8, 4) is 11.1 Å². The van der Waals surface area contributed by atoms with Crippen LogP contribution in [0, 0.1) is 17.5 Å². The molecule has 2 aromatic rings. The van der Waals surface area contributed by atoms with Crippen LogP contribution in [0.5, 0.6) is 0 Å². The molecule has 11 heteroatoms. The Morgan fingerprint density at radius 1 is 1.09 bits per heavy atom. The number of nitrogens with one attached hydrogen (secondary N) is 1. The number of amides is 1. The molecule has 0 unspecified atom stereocenters. The van der Waals surface area contributed by atoms with E-state index < -0.39 is 69.0 Å². The largest absolute Gasteiger partial charge is 0.381 e. The van der Waals surface area contributed by atoms with E-state index in [9.17, 15) is 27.1 Å². The molecule has 0 aromatic heterocycles. The zero-order valence-electron chi connectivity index (χ0n) is 19.1. The van der Waals surface area contributed by atoms with Crippen LogP contribution in [0.2, 0.25) is 0 Å². The Labute approximate surface area is 201 Å². The maximum absolute atomic E-state index is 15.5. The highest BCUT2D eigenvalue weighted by Crippen LogP contribution is 2.34. The van der Waals surface area contributed by atoms with Crippen molar-refractivity contribution in [1.29, 1.82) is 0 Å². The number of nitrogens with zero attached hydrogens (tertiary/aromatic N) is 1. The maximum Gasteiger partial charge on any atom is 0.254 e. The third-order valence-corrected chi connectivity index (χ3v) is 8.32. The summed E-state index contributed by atoms with van der Waals surface area (Å²) in [7, 11) is -3.86. The van der Waals surface area contributed by atoms with Crippen LogP contribution in [0.3, 0.4) is 0 Å². The van der Waals surface area contributed by atoms with Gasteiger partial charge in [-0.25, -0.2) is 30.7 Å². The number of carbonyl (C=O) groups is 1. The number of hydrogen-bond donors (Lipinski definition) is 2. The number of carbonyl (C=O) groups excluding carboxylic acids is 1. The fourth-order valence-corrected chi connectivity index (χ4v) is 6.03. The Bertz CT molecular complexity index is 1240. The summed E-state index contributed by atoms with van der Waals surface area (Å²) >= 11 is 0. The van der Waals surface area contributed by atoms with Gasteiger partial charge in [0.1, 0.15) is 17.6 Å². The average molecular weight is 515 g/mol. The molecule has 1 aliphatic heterocycles. The van der Waals surface area contributed by atoms with Crippen LogP contribution in [-0.2, 0) is 21.2 Å². The van der Waals surface area contributed by atoms with Crippen molar-refractivity contribution < 1.29 is 35.9 Å². The van der Waals surface area contributed by atoms with Gasteiger partial charge in [0, 0.05) is 11.1 Å². The number of rotatable bonds is 7. The van der Waals surface area contributed by atoms with E-state index in [1.807, 2.05) is 0 Å². The van der Waals surface area contributed by atoms with Crippen molar-refractivity contribution in [3.63, 3.8) is 0 Å². The summed E-state index contributed by atoms with van der Waals surface area (Å²) in [5.74, 6) is -4.13. The zero-order valence-corrected chi connectivity index (χ0v) is 20.0. The lowest BCUT2D eigenvalue weighted by molar-refractivity contribution is -0.149. The molecule has 0 radical (unpaired) electrons. The highest BCUT2D eigenvalue weighted by molar-refractivity contribution is 7.90. The molecule has 3 atom stereocenters. The van der Waals surface area contributed by atoms with Gasteiger partial charge in [0.25, 0.3) is 5.91 Å². The summed E-state index contributed by atoms with van der Waals surface area (Å²) in [5.41, 5.74) is -2.47. The normalized spacial score (nSPS) is 23.1. The summed E-state index contributed by atoms with van der Waals surface area (Å²) in [6.07, 6.45) is -1.25. The lowest BCUT2D eigenvalue weighted by atomic mass is 9.95. The number of aliphatic hydroxyl groups is 1. The maximum atomic E-state index is 15.5. The van der Waals surface area contributed by atoms with E-state index in [1.165, 1.54) is 44.2 Å². The van der Waals surface area contributed by atoms with Gasteiger partial charge >= 0.3 is 0 Å². The van der Waals surface area contributed by atoms with Gasteiger partial charge in [-0.15, -0.1) is 0 Å². The van der Waals surface area contributed by atoms with Crippen LogP contribution in [-0.4, -0.2) is 60.0 Å². The van der Waals surface area contributed by atoms with E-state index in [1.54, 1.807) is 0 Å². The number of sulfonamides is 1. The highest BCUT2D eigenvalue weighted by Gasteiger charge is 2.50. The van der Waals surface area contributed by atoms with Gasteiger partial charge in [-0.1, -0.05) is 30.3 Å². The van der Waals surface area contributed by atoms with Gasteiger partial charge in [-0.3, -0.25) is 4.79 Å². The van der Waals surface area contributed by atoms with E-state index in [-0.39, 0.29) is 23.1 Å². The summed E-state index contributed by atoms with van der Waals surface area (Å²) in [5, 5.41) is 9.59. The van der Waals surface area contributed by atoms with Crippen molar-refractivity contribution in [1.82, 2.24) is 9.62 Å². The minimum atomic E-state index is -3.86. The third kappa shape index (κ3) is 5.07. The van der Waals surface area contributed by atoms with Gasteiger partial charge in [0.15, 0.2) is 11.6 Å². The Hall–Kier alpha value is -2.50. The van der Waals surface area contributed by atoms with E-state index in [4.69, 9.17) is 0 Å². The van der Waals surface area contributed by atoms with Crippen LogP contribution in [0.15, 0.2) is 36.4 Å². The zero-order chi connectivity index (χ0) is 25.7. The topological polar surface area (TPSA) is 86.7 Å². The van der Waals surface area contributed by atoms with Gasteiger partial charge in [-0.05, 0) is 44.7 Å².